The van der Waals surface area contributed by atoms with Gasteiger partial charge >= 0.3 is 5.97 Å². The molecule has 5 fully saturated rings. The number of Topliss-reactive ketones (excluding diaryl/α,β-unsaturated/α-hetero) is 2. The van der Waals surface area contributed by atoms with Crippen LogP contribution in [0.5, 0.6) is 0 Å². The molecule has 19 atom stereocenters. The van der Waals surface area contributed by atoms with Gasteiger partial charge < -0.3 is 50.1 Å². The Hall–Kier alpha value is -4.45. The van der Waals surface area contributed by atoms with Gasteiger partial charge in [-0.1, -0.05) is 38.3 Å². The van der Waals surface area contributed by atoms with E-state index < -0.39 is 69.9 Å². The number of cyclic esters (lactones) is 1. The summed E-state index contributed by atoms with van der Waals surface area (Å²) >= 11 is 0. The summed E-state index contributed by atoms with van der Waals surface area (Å²) in [7, 11) is 0. The highest BCUT2D eigenvalue weighted by atomic mass is 16.5. The number of esters is 1. The number of aryl methyl sites for hydroxylation is 1. The molecule has 11 rings (SSSR count). The number of aliphatic hydroxyl groups excluding tert-OH is 3. The van der Waals surface area contributed by atoms with Crippen molar-refractivity contribution in [3.63, 3.8) is 0 Å². The van der Waals surface area contributed by atoms with Crippen LogP contribution in [0.15, 0.2) is 66.0 Å². The molecule has 3 aromatic heterocycles. The van der Waals surface area contributed by atoms with Gasteiger partial charge in [0.15, 0.2) is 5.78 Å². The second-order valence-electron chi connectivity index (χ2n) is 25.1. The maximum absolute atomic E-state index is 15.2. The summed E-state index contributed by atoms with van der Waals surface area (Å²) in [6.07, 6.45) is 16.3. The number of nitrogens with one attached hydrogen (secondary N) is 3. The molecular weight excluding hydrogens is 909 g/mol. The third-order valence-corrected chi connectivity index (χ3v) is 21.0. The summed E-state index contributed by atoms with van der Waals surface area (Å²) in [4.78, 5) is 48.3. The molecule has 8 aliphatic rings. The third kappa shape index (κ3) is 7.93. The summed E-state index contributed by atoms with van der Waals surface area (Å²) < 4.78 is 8.07. The van der Waals surface area contributed by atoms with Crippen molar-refractivity contribution in [2.24, 2.45) is 75.9 Å². The highest BCUT2D eigenvalue weighted by Gasteiger charge is 2.74. The van der Waals surface area contributed by atoms with Crippen molar-refractivity contribution >= 4 is 28.4 Å². The molecule has 3 aromatic rings. The van der Waals surface area contributed by atoms with Gasteiger partial charge in [0, 0.05) is 78.4 Å². The molecule has 8 N–H and O–H groups in total. The van der Waals surface area contributed by atoms with Crippen molar-refractivity contribution in [3.05, 3.63) is 71.6 Å². The van der Waals surface area contributed by atoms with Crippen LogP contribution in [0.4, 0.5) is 0 Å². The van der Waals surface area contributed by atoms with Gasteiger partial charge in [0.2, 0.25) is 0 Å². The molecule has 1 saturated heterocycles. The fourth-order valence-electron chi connectivity index (χ4n) is 17.6. The average Bonchev–Trinajstić information content (AvgIpc) is 4.18. The molecule has 0 amide bonds. The number of carbonyl (C=O) groups excluding carboxylic acids is 3. The van der Waals surface area contributed by atoms with E-state index in [0.29, 0.717) is 56.1 Å². The molecule has 388 valence electrons. The average molecular weight is 987 g/mol. The summed E-state index contributed by atoms with van der Waals surface area (Å²) in [6, 6.07) is 3.99. The summed E-state index contributed by atoms with van der Waals surface area (Å²) in [6.45, 7) is 10.5. The molecule has 0 unspecified atom stereocenters. The largest absolute Gasteiger partial charge is 0.465 e. The lowest BCUT2D eigenvalue weighted by Crippen LogP contribution is -2.65. The van der Waals surface area contributed by atoms with Gasteiger partial charge in [-0.15, -0.1) is 5.92 Å². The molecule has 4 heterocycles. The normalized spacial score (nSPS) is 44.0. The SMILES string of the molecule is CC(=O)CNC1=C2[C@H](CC[C@]3(CCn4cc5cc[nH]c5c4)[C@@H]4[C@@H](CC#C[C@H]([C@@H]5COC(=O)[C@H]5c5cc[nH]c5)C[C@@H]5[C@@H](CC=C6CC[C@@H](C)C[C@H]65)[C@H](C)C[C@@H](O)[C@]4(C)O)C[C@@]23O)[C@@]2(C)C[C@H](O)[C@H](O)C[C@H]2C1=O. The van der Waals surface area contributed by atoms with Gasteiger partial charge in [0.1, 0.15) is 5.78 Å². The number of hydrogen-bond acceptors (Lipinski definition) is 10. The van der Waals surface area contributed by atoms with Gasteiger partial charge in [-0.05, 0) is 161 Å². The van der Waals surface area contributed by atoms with E-state index in [1.807, 2.05) is 37.6 Å². The van der Waals surface area contributed by atoms with Crippen molar-refractivity contribution in [1.29, 1.82) is 0 Å². The van der Waals surface area contributed by atoms with E-state index in [9.17, 15) is 35.1 Å². The second kappa shape index (κ2) is 18.4. The van der Waals surface area contributed by atoms with Crippen LogP contribution in [0, 0.1) is 87.8 Å². The molecular formula is C59H78N4O9. The molecule has 72 heavy (non-hydrogen) atoms. The monoisotopic (exact) mass is 987 g/mol. The zero-order valence-corrected chi connectivity index (χ0v) is 42.9. The Morgan fingerprint density at radius 3 is 2.54 bits per heavy atom. The van der Waals surface area contributed by atoms with E-state index in [4.69, 9.17) is 4.74 Å². The highest BCUT2D eigenvalue weighted by Crippen LogP contribution is 2.72. The maximum atomic E-state index is 15.2. The fraction of sp³-hybridized carbons (Fsp3) is 0.678. The van der Waals surface area contributed by atoms with Crippen LogP contribution in [0.2, 0.25) is 0 Å². The zero-order valence-electron chi connectivity index (χ0n) is 42.9. The van der Waals surface area contributed by atoms with Crippen molar-refractivity contribution in [2.75, 3.05) is 13.2 Å². The Bertz CT molecular complexity index is 2680. The minimum Gasteiger partial charge on any atom is -0.465 e. The maximum Gasteiger partial charge on any atom is 0.313 e. The fourth-order valence-corrected chi connectivity index (χ4v) is 17.6. The predicted octanol–water partition coefficient (Wildman–Crippen LogP) is 7.11. The molecule has 13 heteroatoms. The predicted molar refractivity (Wildman–Crippen MR) is 271 cm³/mol. The van der Waals surface area contributed by atoms with Gasteiger partial charge in [0.25, 0.3) is 0 Å². The van der Waals surface area contributed by atoms with Gasteiger partial charge in [-0.25, -0.2) is 0 Å². The number of allylic oxidation sites excluding steroid dienone is 3. The van der Waals surface area contributed by atoms with Crippen molar-refractivity contribution in [1.82, 2.24) is 19.9 Å². The lowest BCUT2D eigenvalue weighted by Gasteiger charge is -2.62. The number of aliphatic hydroxyl groups is 5. The van der Waals surface area contributed by atoms with Crippen molar-refractivity contribution in [2.45, 2.75) is 160 Å². The number of H-pyrrole nitrogens is 2. The first kappa shape index (κ1) is 49.7. The Balaban J connectivity index is 1.08. The third-order valence-electron chi connectivity index (χ3n) is 21.0. The summed E-state index contributed by atoms with van der Waals surface area (Å²) in [5.41, 5.74) is -1.23. The van der Waals surface area contributed by atoms with E-state index >= 15 is 4.79 Å². The molecule has 4 saturated carbocycles. The number of aromatic nitrogens is 3. The van der Waals surface area contributed by atoms with E-state index in [1.54, 1.807) is 6.92 Å². The topological polar surface area (TPSA) is 210 Å². The lowest BCUT2D eigenvalue weighted by atomic mass is 9.44. The first-order chi connectivity index (χ1) is 34.3. The quantitative estimate of drug-likeness (QED) is 0.0652. The van der Waals surface area contributed by atoms with E-state index in [-0.39, 0.29) is 85.2 Å². The highest BCUT2D eigenvalue weighted by molar-refractivity contribution is 6.00. The minimum absolute atomic E-state index is 0.00191. The van der Waals surface area contributed by atoms with Crippen LogP contribution in [-0.4, -0.2) is 100 Å². The van der Waals surface area contributed by atoms with Gasteiger partial charge in [-0.3, -0.25) is 14.4 Å². The molecule has 0 radical (unpaired) electrons. The molecule has 0 bridgehead atoms. The van der Waals surface area contributed by atoms with Crippen LogP contribution in [0.3, 0.4) is 0 Å². The number of nitrogens with zero attached hydrogens (tertiary/aromatic N) is 1. The second-order valence-corrected chi connectivity index (χ2v) is 25.1. The number of ether oxygens (including phenoxy) is 1. The Kier molecular flexibility index (Phi) is 12.7. The van der Waals surface area contributed by atoms with Gasteiger partial charge in [0.05, 0.1) is 59.8 Å². The number of carbonyl (C=O) groups is 3. The van der Waals surface area contributed by atoms with E-state index in [1.165, 1.54) is 18.9 Å². The molecule has 0 aromatic carbocycles. The first-order valence-corrected chi connectivity index (χ1v) is 27.4. The zero-order chi connectivity index (χ0) is 50.6. The molecule has 0 spiro atoms. The summed E-state index contributed by atoms with van der Waals surface area (Å²) in [5.74, 6) is 5.17. The summed E-state index contributed by atoms with van der Waals surface area (Å²) in [5, 5.41) is 67.9. The van der Waals surface area contributed by atoms with Crippen LogP contribution < -0.4 is 5.32 Å². The minimum atomic E-state index is -1.73. The van der Waals surface area contributed by atoms with Gasteiger partial charge in [-0.2, -0.15) is 0 Å². The number of rotatable bonds is 8. The molecule has 1 aliphatic heterocycles. The van der Waals surface area contributed by atoms with Crippen LogP contribution in [0.25, 0.3) is 10.9 Å². The molecule has 13 nitrogen and oxygen atoms in total. The lowest BCUT2D eigenvalue weighted by molar-refractivity contribution is -0.191. The number of ketones is 2. The van der Waals surface area contributed by atoms with Crippen molar-refractivity contribution in [3.8, 4) is 11.8 Å². The Morgan fingerprint density at radius 1 is 0.958 bits per heavy atom. The molecule has 7 aliphatic carbocycles. The van der Waals surface area contributed by atoms with E-state index in [2.05, 4.69) is 64.0 Å². The number of aromatic amines is 2. The number of hydrogen-bond donors (Lipinski definition) is 8. The smallest absolute Gasteiger partial charge is 0.313 e. The van der Waals surface area contributed by atoms with Crippen molar-refractivity contribution < 1.29 is 44.7 Å². The number of fused-ring (bicyclic) bond motifs is 11. The van der Waals surface area contributed by atoms with Crippen LogP contribution >= 0.6 is 0 Å². The van der Waals surface area contributed by atoms with E-state index in [0.717, 1.165) is 42.1 Å². The Morgan fingerprint density at radius 2 is 1.78 bits per heavy atom. The standard InChI is InChI=1S/C59H78N4O9/c1-32-9-10-35-11-12-40-33(2)22-49(67)57(5,70)54-37(8-6-7-36(23-42(40)41(35)21-32)43-31-72-55(69)50(43)38-14-18-60-28-38)25-59(71)51-44(13-16-58(54,59)17-20-63-29-39-15-19-61-46(39)30-63)56(4)26-48(66)47(65)24-45(56)53(68)52(51)62-27-34(3)64/h11,14-15,18-19,28-30,32-33,36-37,40-45,47-50,54,60-62,65-67,70-71H,8-10,12-13,16-17,20-27,31H2,1-5H3/t32-,33-,36+,37+,40+,41-,42-,43+,44+,45+,47-,48+,49-,50+,54-,56-,57+,58+,59-/m1/s1. The van der Waals surface area contributed by atoms with Crippen LogP contribution in [0.1, 0.15) is 130 Å². The Labute approximate surface area is 424 Å². The first-order valence-electron chi connectivity index (χ1n) is 27.4. The van der Waals surface area contributed by atoms with Crippen LogP contribution in [-0.2, 0) is 25.7 Å².